The Balaban J connectivity index is 2.19. The first-order valence-electron chi connectivity index (χ1n) is 5.28. The van der Waals surface area contributed by atoms with Crippen molar-refractivity contribution in [3.8, 4) is 0 Å². The van der Waals surface area contributed by atoms with Gasteiger partial charge in [0.15, 0.2) is 0 Å². The quantitative estimate of drug-likeness (QED) is 0.693. The van der Waals surface area contributed by atoms with Gasteiger partial charge in [-0.3, -0.25) is 4.79 Å². The first kappa shape index (κ1) is 10.4. The molecule has 0 aromatic carbocycles. The monoisotopic (exact) mass is 208 g/mol. The summed E-state index contributed by atoms with van der Waals surface area (Å²) in [6.45, 7) is 2.54. The van der Waals surface area contributed by atoms with Crippen LogP contribution >= 0.6 is 0 Å². The molecular weight excluding hydrogens is 192 g/mol. The second-order valence-corrected chi connectivity index (χ2v) is 4.29. The van der Waals surface area contributed by atoms with E-state index in [2.05, 4.69) is 4.98 Å². The second-order valence-electron chi connectivity index (χ2n) is 4.29. The van der Waals surface area contributed by atoms with Gasteiger partial charge in [0.2, 0.25) is 5.78 Å². The van der Waals surface area contributed by atoms with Crippen LogP contribution in [0, 0.1) is 0 Å². The molecule has 1 unspecified atom stereocenters. The molecule has 2 rings (SSSR count). The summed E-state index contributed by atoms with van der Waals surface area (Å²) in [5, 5.41) is 0. The molecule has 0 radical (unpaired) electrons. The molecule has 1 aromatic rings. The summed E-state index contributed by atoms with van der Waals surface area (Å²) < 4.78 is 7.37. The Kier molecular flexibility index (Phi) is 2.61. The predicted molar refractivity (Wildman–Crippen MR) is 55.7 cm³/mol. The second kappa shape index (κ2) is 3.77. The summed E-state index contributed by atoms with van der Waals surface area (Å²) in [4.78, 5) is 16.2. The lowest BCUT2D eigenvalue weighted by Crippen LogP contribution is -2.41. The Labute approximate surface area is 89.3 Å². The van der Waals surface area contributed by atoms with Crippen LogP contribution < -0.4 is 0 Å². The lowest BCUT2D eigenvalue weighted by atomic mass is 9.90. The van der Waals surface area contributed by atoms with E-state index in [1.54, 1.807) is 17.1 Å². The van der Waals surface area contributed by atoms with Crippen LogP contribution in [0.2, 0.25) is 0 Å². The van der Waals surface area contributed by atoms with E-state index in [1.165, 1.54) is 0 Å². The van der Waals surface area contributed by atoms with Crippen molar-refractivity contribution in [3.05, 3.63) is 18.2 Å². The van der Waals surface area contributed by atoms with E-state index in [-0.39, 0.29) is 5.78 Å². The van der Waals surface area contributed by atoms with Crippen LogP contribution in [0.1, 0.15) is 36.7 Å². The zero-order chi connectivity index (χ0) is 10.9. The van der Waals surface area contributed by atoms with Gasteiger partial charge in [-0.15, -0.1) is 0 Å². The third kappa shape index (κ3) is 1.95. The van der Waals surface area contributed by atoms with Gasteiger partial charge in [0.1, 0.15) is 11.3 Å². The molecule has 0 spiro atoms. The topological polar surface area (TPSA) is 44.1 Å². The summed E-state index contributed by atoms with van der Waals surface area (Å²) in [5.41, 5.74) is -0.158. The van der Waals surface area contributed by atoms with E-state index < -0.39 is 5.60 Å². The minimum absolute atomic E-state index is 0.00259. The highest BCUT2D eigenvalue weighted by molar-refractivity contribution is 6.00. The number of hydrogen-bond donors (Lipinski definition) is 0. The molecule has 0 amide bonds. The van der Waals surface area contributed by atoms with Crippen molar-refractivity contribution in [2.24, 2.45) is 7.05 Å². The fraction of sp³-hybridized carbons (Fsp3) is 0.636. The van der Waals surface area contributed by atoms with Crippen LogP contribution in [0.4, 0.5) is 0 Å². The Hall–Kier alpha value is -1.16. The molecule has 15 heavy (non-hydrogen) atoms. The SMILES string of the molecule is Cn1cnc(C(=O)C2(C)CCCCO2)c1. The average molecular weight is 208 g/mol. The number of Topliss-reactive ketones (excluding diaryl/α,β-unsaturated/α-hetero) is 1. The van der Waals surface area contributed by atoms with E-state index in [0.717, 1.165) is 19.3 Å². The first-order chi connectivity index (χ1) is 7.12. The van der Waals surface area contributed by atoms with Crippen molar-refractivity contribution in [1.82, 2.24) is 9.55 Å². The molecule has 2 heterocycles. The molecule has 1 fully saturated rings. The lowest BCUT2D eigenvalue weighted by molar-refractivity contribution is -0.0428. The first-order valence-corrected chi connectivity index (χ1v) is 5.28. The molecule has 4 heteroatoms. The van der Waals surface area contributed by atoms with Gasteiger partial charge in [-0.1, -0.05) is 0 Å². The number of aryl methyl sites for hydroxylation is 1. The van der Waals surface area contributed by atoms with Crippen LogP contribution in [0.5, 0.6) is 0 Å². The molecule has 0 bridgehead atoms. The van der Waals surface area contributed by atoms with Crippen molar-refractivity contribution in [2.45, 2.75) is 31.8 Å². The van der Waals surface area contributed by atoms with E-state index >= 15 is 0 Å². The highest BCUT2D eigenvalue weighted by Crippen LogP contribution is 2.27. The molecule has 1 saturated heterocycles. The minimum Gasteiger partial charge on any atom is -0.367 e. The molecule has 0 N–H and O–H groups in total. The number of hydrogen-bond acceptors (Lipinski definition) is 3. The highest BCUT2D eigenvalue weighted by Gasteiger charge is 2.37. The molecule has 82 valence electrons. The summed E-state index contributed by atoms with van der Waals surface area (Å²) in [5.74, 6) is 0.00259. The maximum absolute atomic E-state index is 12.1. The van der Waals surface area contributed by atoms with Gasteiger partial charge in [0.25, 0.3) is 0 Å². The molecule has 1 aliphatic heterocycles. The van der Waals surface area contributed by atoms with Gasteiger partial charge in [0, 0.05) is 19.9 Å². The Morgan fingerprint density at radius 3 is 2.93 bits per heavy atom. The fourth-order valence-electron chi connectivity index (χ4n) is 1.91. The number of carbonyl (C=O) groups is 1. The summed E-state index contributed by atoms with van der Waals surface area (Å²) in [6, 6.07) is 0. The van der Waals surface area contributed by atoms with Gasteiger partial charge in [0.05, 0.1) is 6.33 Å². The molecule has 1 aromatic heterocycles. The largest absolute Gasteiger partial charge is 0.367 e. The van der Waals surface area contributed by atoms with Crippen molar-refractivity contribution in [1.29, 1.82) is 0 Å². The van der Waals surface area contributed by atoms with Crippen molar-refractivity contribution < 1.29 is 9.53 Å². The van der Waals surface area contributed by atoms with Crippen molar-refractivity contribution in [3.63, 3.8) is 0 Å². The molecule has 4 nitrogen and oxygen atoms in total. The number of aromatic nitrogens is 2. The number of ether oxygens (including phenoxy) is 1. The Bertz CT molecular complexity index is 364. The third-order valence-corrected chi connectivity index (χ3v) is 2.89. The van der Waals surface area contributed by atoms with Gasteiger partial charge < -0.3 is 9.30 Å². The summed E-state index contributed by atoms with van der Waals surface area (Å²) in [7, 11) is 1.86. The van der Waals surface area contributed by atoms with Crippen molar-refractivity contribution >= 4 is 5.78 Å². The zero-order valence-corrected chi connectivity index (χ0v) is 9.19. The number of rotatable bonds is 2. The summed E-state index contributed by atoms with van der Waals surface area (Å²) in [6.07, 6.45) is 6.27. The fourth-order valence-corrected chi connectivity index (χ4v) is 1.91. The van der Waals surface area contributed by atoms with Crippen molar-refractivity contribution in [2.75, 3.05) is 6.61 Å². The van der Waals surface area contributed by atoms with Gasteiger partial charge in [-0.05, 0) is 26.2 Å². The van der Waals surface area contributed by atoms with Crippen LogP contribution in [-0.4, -0.2) is 27.5 Å². The molecule has 1 atom stereocenters. The Morgan fingerprint density at radius 2 is 2.40 bits per heavy atom. The average Bonchev–Trinajstić information content (AvgIpc) is 2.65. The number of imidazole rings is 1. The summed E-state index contributed by atoms with van der Waals surface area (Å²) >= 11 is 0. The van der Waals surface area contributed by atoms with E-state index in [1.807, 2.05) is 14.0 Å². The van der Waals surface area contributed by atoms with Crippen LogP contribution in [0.15, 0.2) is 12.5 Å². The molecule has 1 aliphatic rings. The van der Waals surface area contributed by atoms with Gasteiger partial charge in [-0.2, -0.15) is 0 Å². The zero-order valence-electron chi connectivity index (χ0n) is 9.19. The van der Waals surface area contributed by atoms with Crippen LogP contribution in [-0.2, 0) is 11.8 Å². The van der Waals surface area contributed by atoms with Gasteiger partial charge in [-0.25, -0.2) is 4.98 Å². The number of carbonyl (C=O) groups excluding carboxylic acids is 1. The predicted octanol–water partition coefficient (Wildman–Crippen LogP) is 1.56. The number of nitrogens with zero attached hydrogens (tertiary/aromatic N) is 2. The smallest absolute Gasteiger partial charge is 0.214 e. The van der Waals surface area contributed by atoms with Crippen LogP contribution in [0.25, 0.3) is 0 Å². The Morgan fingerprint density at radius 1 is 1.60 bits per heavy atom. The van der Waals surface area contributed by atoms with Gasteiger partial charge >= 0.3 is 0 Å². The normalized spacial score (nSPS) is 26.5. The lowest BCUT2D eigenvalue weighted by Gasteiger charge is -2.31. The van der Waals surface area contributed by atoms with E-state index in [4.69, 9.17) is 4.74 Å². The molecular formula is C11H16N2O2. The maximum Gasteiger partial charge on any atom is 0.214 e. The highest BCUT2D eigenvalue weighted by atomic mass is 16.5. The minimum atomic E-state index is -0.660. The maximum atomic E-state index is 12.1. The molecule has 0 aliphatic carbocycles. The van der Waals surface area contributed by atoms with Crippen LogP contribution in [0.3, 0.4) is 0 Å². The third-order valence-electron chi connectivity index (χ3n) is 2.89. The van der Waals surface area contributed by atoms with E-state index in [0.29, 0.717) is 12.3 Å². The standard InChI is InChI=1S/C11H16N2O2/c1-11(5-3-4-6-15-11)10(14)9-7-13(2)8-12-9/h7-8H,3-6H2,1-2H3. The van der Waals surface area contributed by atoms with E-state index in [9.17, 15) is 4.79 Å². The number of ketones is 1. The molecule has 0 saturated carbocycles.